The lowest BCUT2D eigenvalue weighted by atomic mass is 10.2. The molecule has 0 radical (unpaired) electrons. The molecule has 2 aromatic rings. The van der Waals surface area contributed by atoms with Crippen LogP contribution in [0.25, 0.3) is 11.0 Å². The van der Waals surface area contributed by atoms with Crippen molar-refractivity contribution in [2.24, 2.45) is 5.73 Å². The molecular formula is C12H15N5O3. The van der Waals surface area contributed by atoms with Crippen molar-refractivity contribution in [1.29, 1.82) is 5.41 Å². The van der Waals surface area contributed by atoms with Gasteiger partial charge in [0.05, 0.1) is 24.4 Å². The summed E-state index contributed by atoms with van der Waals surface area (Å²) in [6, 6.07) is 0. The maximum Gasteiger partial charge on any atom is 0.260 e. The number of aromatic nitrogens is 3. The molecular weight excluding hydrogens is 262 g/mol. The Labute approximate surface area is 113 Å². The number of nitrogen functional groups attached to an aromatic ring is 1. The average molecular weight is 277 g/mol. The molecule has 8 heteroatoms. The smallest absolute Gasteiger partial charge is 0.260 e. The van der Waals surface area contributed by atoms with E-state index in [0.29, 0.717) is 17.6 Å². The lowest BCUT2D eigenvalue weighted by molar-refractivity contribution is -0.0204. The summed E-state index contributed by atoms with van der Waals surface area (Å²) in [5.74, 6) is -0.191. The number of nitrogens with zero attached hydrogens (tertiary/aromatic N) is 2. The third-order valence-corrected chi connectivity index (χ3v) is 3.50. The second-order valence-electron chi connectivity index (χ2n) is 4.77. The van der Waals surface area contributed by atoms with Crippen molar-refractivity contribution in [3.63, 3.8) is 0 Å². The molecule has 2 aromatic heterocycles. The zero-order valence-electron chi connectivity index (χ0n) is 10.7. The minimum absolute atomic E-state index is 0.0384. The molecule has 20 heavy (non-hydrogen) atoms. The summed E-state index contributed by atoms with van der Waals surface area (Å²) in [4.78, 5) is 18.5. The molecule has 1 aliphatic heterocycles. The summed E-state index contributed by atoms with van der Waals surface area (Å²) >= 11 is 0. The first kappa shape index (κ1) is 12.8. The molecule has 0 aliphatic carbocycles. The van der Waals surface area contributed by atoms with Gasteiger partial charge < -0.3 is 25.1 Å². The van der Waals surface area contributed by atoms with Crippen LogP contribution in [-0.2, 0) is 4.74 Å². The van der Waals surface area contributed by atoms with E-state index >= 15 is 0 Å². The molecule has 0 spiro atoms. The van der Waals surface area contributed by atoms with Crippen molar-refractivity contribution in [3.8, 4) is 0 Å². The highest BCUT2D eigenvalue weighted by atomic mass is 16.5. The summed E-state index contributed by atoms with van der Waals surface area (Å²) in [6.45, 7) is -0.0384. The van der Waals surface area contributed by atoms with E-state index in [1.165, 1.54) is 6.33 Å². The van der Waals surface area contributed by atoms with Crippen molar-refractivity contribution in [3.05, 3.63) is 28.4 Å². The second-order valence-corrected chi connectivity index (χ2v) is 4.77. The fourth-order valence-corrected chi connectivity index (χ4v) is 2.54. The van der Waals surface area contributed by atoms with Crippen molar-refractivity contribution in [1.82, 2.24) is 14.5 Å². The highest BCUT2D eigenvalue weighted by molar-refractivity contribution is 6.06. The molecule has 1 aliphatic rings. The van der Waals surface area contributed by atoms with Crippen molar-refractivity contribution >= 4 is 16.9 Å². The van der Waals surface area contributed by atoms with Crippen LogP contribution in [0.3, 0.4) is 0 Å². The Kier molecular flexibility index (Phi) is 3.03. The number of aliphatic hydroxyl groups is 1. The van der Waals surface area contributed by atoms with Crippen LogP contribution in [-0.4, -0.2) is 38.2 Å². The van der Waals surface area contributed by atoms with Gasteiger partial charge in [-0.15, -0.1) is 0 Å². The van der Waals surface area contributed by atoms with Gasteiger partial charge in [-0.25, -0.2) is 4.98 Å². The Morgan fingerprint density at radius 3 is 3.10 bits per heavy atom. The number of aromatic amines is 1. The molecule has 0 unspecified atom stereocenters. The summed E-state index contributed by atoms with van der Waals surface area (Å²) in [7, 11) is 0. The van der Waals surface area contributed by atoms with Crippen LogP contribution in [0.15, 0.2) is 17.3 Å². The lowest BCUT2D eigenvalue weighted by Gasteiger charge is -2.14. The van der Waals surface area contributed by atoms with E-state index in [1.54, 1.807) is 10.8 Å². The first-order valence-corrected chi connectivity index (χ1v) is 6.30. The fourth-order valence-electron chi connectivity index (χ4n) is 2.54. The van der Waals surface area contributed by atoms with Crippen molar-refractivity contribution < 1.29 is 9.84 Å². The maximum atomic E-state index is 11.9. The zero-order chi connectivity index (χ0) is 14.3. The van der Waals surface area contributed by atoms with Crippen LogP contribution in [0, 0.1) is 5.41 Å². The van der Waals surface area contributed by atoms with Crippen LogP contribution in [0.2, 0.25) is 0 Å². The third-order valence-electron chi connectivity index (χ3n) is 3.50. The number of H-pyrrole nitrogens is 1. The van der Waals surface area contributed by atoms with Gasteiger partial charge in [0.1, 0.15) is 17.7 Å². The number of rotatable bonds is 3. The standard InChI is InChI=1S/C12H15N5O3/c13-10(14)7-3-17(8-2-1-6(4-18)20-8)11-9(7)12(19)16-5-15-11/h3,5-6,8,18H,1-2,4H2,(H3,13,14)(H,15,16,19)/t6-,8+/m0/s1. The fraction of sp³-hybridized carbons (Fsp3) is 0.417. The summed E-state index contributed by atoms with van der Waals surface area (Å²) in [6.07, 6.45) is 3.85. The Balaban J connectivity index is 2.15. The van der Waals surface area contributed by atoms with Gasteiger partial charge in [-0.05, 0) is 12.8 Å². The minimum Gasteiger partial charge on any atom is -0.394 e. The molecule has 0 aromatic carbocycles. The van der Waals surface area contributed by atoms with Gasteiger partial charge in [-0.3, -0.25) is 10.2 Å². The topological polar surface area (TPSA) is 130 Å². The number of nitrogens with one attached hydrogen (secondary N) is 2. The van der Waals surface area contributed by atoms with E-state index < -0.39 is 0 Å². The normalized spacial score (nSPS) is 22.4. The summed E-state index contributed by atoms with van der Waals surface area (Å²) < 4.78 is 7.39. The Morgan fingerprint density at radius 2 is 2.45 bits per heavy atom. The predicted octanol–water partition coefficient (Wildman–Crippen LogP) is -0.321. The second kappa shape index (κ2) is 4.73. The van der Waals surface area contributed by atoms with Crippen molar-refractivity contribution in [2.45, 2.75) is 25.2 Å². The SMILES string of the molecule is N=C(N)c1cn([C@H]2CC[C@@H](CO)O2)c2nc[nH]c(=O)c12. The lowest BCUT2D eigenvalue weighted by Crippen LogP contribution is -2.15. The molecule has 3 heterocycles. The molecule has 8 nitrogen and oxygen atoms in total. The van der Waals surface area contributed by atoms with Gasteiger partial charge in [0.25, 0.3) is 5.56 Å². The number of aliphatic hydroxyl groups excluding tert-OH is 1. The monoisotopic (exact) mass is 277 g/mol. The molecule has 1 fully saturated rings. The number of amidine groups is 1. The number of hydrogen-bond acceptors (Lipinski definition) is 5. The van der Waals surface area contributed by atoms with Crippen LogP contribution in [0.1, 0.15) is 24.6 Å². The maximum absolute atomic E-state index is 11.9. The Hall–Kier alpha value is -2.19. The molecule has 1 saturated heterocycles. The van der Waals surface area contributed by atoms with Gasteiger partial charge in [0, 0.05) is 11.8 Å². The predicted molar refractivity (Wildman–Crippen MR) is 71.6 cm³/mol. The molecule has 0 amide bonds. The van der Waals surface area contributed by atoms with Gasteiger partial charge in [0.2, 0.25) is 0 Å². The van der Waals surface area contributed by atoms with E-state index in [-0.39, 0.29) is 35.7 Å². The van der Waals surface area contributed by atoms with Gasteiger partial charge in [0.15, 0.2) is 0 Å². The van der Waals surface area contributed by atoms with Crippen molar-refractivity contribution in [2.75, 3.05) is 6.61 Å². The van der Waals surface area contributed by atoms with E-state index in [0.717, 1.165) is 6.42 Å². The largest absolute Gasteiger partial charge is 0.394 e. The van der Waals surface area contributed by atoms with E-state index in [9.17, 15) is 4.79 Å². The molecule has 3 rings (SSSR count). The zero-order valence-corrected chi connectivity index (χ0v) is 10.7. The van der Waals surface area contributed by atoms with Crippen LogP contribution in [0.4, 0.5) is 0 Å². The summed E-state index contributed by atoms with van der Waals surface area (Å²) in [5, 5.41) is 17.0. The average Bonchev–Trinajstić information content (AvgIpc) is 3.02. The van der Waals surface area contributed by atoms with Crippen LogP contribution >= 0.6 is 0 Å². The Bertz CT molecular complexity index is 719. The number of fused-ring (bicyclic) bond motifs is 1. The highest BCUT2D eigenvalue weighted by Crippen LogP contribution is 2.31. The van der Waals surface area contributed by atoms with Gasteiger partial charge >= 0.3 is 0 Å². The Morgan fingerprint density at radius 1 is 1.65 bits per heavy atom. The first-order chi connectivity index (χ1) is 9.61. The molecule has 0 bridgehead atoms. The quantitative estimate of drug-likeness (QED) is 0.451. The number of hydrogen-bond donors (Lipinski definition) is 4. The number of nitrogens with two attached hydrogens (primary N) is 1. The minimum atomic E-state index is -0.337. The summed E-state index contributed by atoms with van der Waals surface area (Å²) in [5.41, 5.74) is 5.96. The molecule has 2 atom stereocenters. The molecule has 0 saturated carbocycles. The molecule has 5 N–H and O–H groups in total. The highest BCUT2D eigenvalue weighted by Gasteiger charge is 2.28. The first-order valence-electron chi connectivity index (χ1n) is 6.30. The van der Waals surface area contributed by atoms with Crippen LogP contribution < -0.4 is 11.3 Å². The molecule has 106 valence electrons. The third kappa shape index (κ3) is 1.89. The van der Waals surface area contributed by atoms with E-state index in [1.807, 2.05) is 0 Å². The van der Waals surface area contributed by atoms with Gasteiger partial charge in [-0.1, -0.05) is 0 Å². The van der Waals surface area contributed by atoms with E-state index in [2.05, 4.69) is 9.97 Å². The van der Waals surface area contributed by atoms with Crippen LogP contribution in [0.5, 0.6) is 0 Å². The van der Waals surface area contributed by atoms with Gasteiger partial charge in [-0.2, -0.15) is 0 Å². The van der Waals surface area contributed by atoms with E-state index in [4.69, 9.17) is 21.0 Å². The number of ether oxygens (including phenoxy) is 1.